The number of amides is 3. The van der Waals surface area contributed by atoms with E-state index in [4.69, 9.17) is 4.52 Å². The zero-order chi connectivity index (χ0) is 31.1. The summed E-state index contributed by atoms with van der Waals surface area (Å²) in [5, 5.41) is 19.0. The lowest BCUT2D eigenvalue weighted by atomic mass is 9.82. The maximum atomic E-state index is 14.1. The van der Waals surface area contributed by atoms with E-state index in [9.17, 15) is 14.4 Å². The molecule has 2 aromatic heterocycles. The van der Waals surface area contributed by atoms with Gasteiger partial charge in [0.1, 0.15) is 11.6 Å². The Morgan fingerprint density at radius 2 is 1.82 bits per heavy atom. The fraction of sp³-hybridized carbons (Fsp3) is 0.562. The molecule has 3 aromatic rings. The number of piperidine rings is 2. The van der Waals surface area contributed by atoms with Crippen molar-refractivity contribution in [3.63, 3.8) is 0 Å². The Morgan fingerprint density at radius 1 is 1.07 bits per heavy atom. The van der Waals surface area contributed by atoms with E-state index >= 15 is 0 Å². The van der Waals surface area contributed by atoms with Crippen molar-refractivity contribution in [2.75, 3.05) is 19.6 Å². The average Bonchev–Trinajstić information content (AvgIpc) is 3.64. The van der Waals surface area contributed by atoms with Crippen LogP contribution in [-0.4, -0.2) is 78.9 Å². The second kappa shape index (κ2) is 11.8. The van der Waals surface area contributed by atoms with E-state index in [1.54, 1.807) is 11.8 Å². The predicted octanol–water partition coefficient (Wildman–Crippen LogP) is 2.89. The van der Waals surface area contributed by atoms with Gasteiger partial charge in [-0.1, -0.05) is 61.5 Å². The van der Waals surface area contributed by atoms with Gasteiger partial charge in [-0.05, 0) is 38.2 Å². The predicted molar refractivity (Wildman–Crippen MR) is 161 cm³/mol. The molecule has 2 N–H and O–H groups in total. The van der Waals surface area contributed by atoms with Crippen LogP contribution >= 0.6 is 0 Å². The third-order valence-electron chi connectivity index (χ3n) is 9.36. The zero-order valence-corrected chi connectivity index (χ0v) is 26.0. The van der Waals surface area contributed by atoms with E-state index in [2.05, 4.69) is 63.9 Å². The summed E-state index contributed by atoms with van der Waals surface area (Å²) in [7, 11) is 0. The van der Waals surface area contributed by atoms with Gasteiger partial charge in [-0.3, -0.25) is 19.3 Å². The lowest BCUT2D eigenvalue weighted by molar-refractivity contribution is -0.145. The number of nitrogens with zero attached hydrogens (tertiary/aromatic N) is 6. The van der Waals surface area contributed by atoms with Gasteiger partial charge in [0.15, 0.2) is 5.76 Å². The smallest absolute Gasteiger partial charge is 0.257 e. The van der Waals surface area contributed by atoms with Crippen molar-refractivity contribution in [2.45, 2.75) is 95.9 Å². The Hall–Kier alpha value is -4.06. The van der Waals surface area contributed by atoms with E-state index in [-0.39, 0.29) is 42.1 Å². The van der Waals surface area contributed by atoms with Gasteiger partial charge in [0, 0.05) is 37.8 Å². The number of aromatic nitrogens is 4. The highest BCUT2D eigenvalue weighted by atomic mass is 16.5. The van der Waals surface area contributed by atoms with Crippen LogP contribution in [-0.2, 0) is 28.1 Å². The van der Waals surface area contributed by atoms with E-state index in [0.29, 0.717) is 49.2 Å². The molecule has 12 nitrogen and oxygen atoms in total. The van der Waals surface area contributed by atoms with Crippen molar-refractivity contribution in [1.29, 1.82) is 0 Å². The van der Waals surface area contributed by atoms with Crippen molar-refractivity contribution in [3.05, 3.63) is 64.8 Å². The summed E-state index contributed by atoms with van der Waals surface area (Å²) >= 11 is 0. The summed E-state index contributed by atoms with van der Waals surface area (Å²) in [6.45, 7) is 10.6. The standard InChI is InChI=1S/C32H42N8O4/c1-21-28-25(44-36-21)18-33-29(42)24-16-23(40-20-26(35-37-40)31(2,3)4)10-13-39(24)27(41)17-32(34-30(28)43)11-14-38(15-12-32)19-22-8-6-5-7-9-22/h5-9,20,23-24H,10-19H2,1-4H3,(H,33,42)(H,34,43)/t23-,24+/m1/s1. The van der Waals surface area contributed by atoms with Crippen LogP contribution < -0.4 is 10.6 Å². The summed E-state index contributed by atoms with van der Waals surface area (Å²) in [5.41, 5.74) is 1.97. The number of carbonyl (C=O) groups excluding carboxylic acids is 3. The molecule has 1 aromatic carbocycles. The number of nitrogens with one attached hydrogen (secondary N) is 2. The molecule has 0 aliphatic carbocycles. The first-order valence-electron chi connectivity index (χ1n) is 15.5. The summed E-state index contributed by atoms with van der Waals surface area (Å²) in [5.74, 6) is -0.431. The van der Waals surface area contributed by atoms with Crippen molar-refractivity contribution < 1.29 is 18.9 Å². The van der Waals surface area contributed by atoms with Crippen LogP contribution in [0.15, 0.2) is 41.1 Å². The molecule has 44 heavy (non-hydrogen) atoms. The first kappa shape index (κ1) is 30.0. The van der Waals surface area contributed by atoms with Gasteiger partial charge in [0.2, 0.25) is 11.8 Å². The van der Waals surface area contributed by atoms with Gasteiger partial charge in [-0.2, -0.15) is 0 Å². The molecule has 0 radical (unpaired) electrons. The Kier molecular flexibility index (Phi) is 8.04. The second-order valence-corrected chi connectivity index (χ2v) is 13.6. The Morgan fingerprint density at radius 3 is 2.52 bits per heavy atom. The molecule has 2 atom stereocenters. The number of likely N-dealkylation sites (tertiary alicyclic amines) is 1. The summed E-state index contributed by atoms with van der Waals surface area (Å²) in [6, 6.07) is 9.53. The largest absolute Gasteiger partial charge is 0.358 e. The molecule has 12 heteroatoms. The normalized spacial score (nSPS) is 23.3. The highest BCUT2D eigenvalue weighted by molar-refractivity contribution is 5.97. The minimum Gasteiger partial charge on any atom is -0.358 e. The van der Waals surface area contributed by atoms with Crippen LogP contribution in [0, 0.1) is 6.92 Å². The van der Waals surface area contributed by atoms with Gasteiger partial charge in [0.05, 0.1) is 35.9 Å². The maximum Gasteiger partial charge on any atom is 0.257 e. The number of fused-ring (bicyclic) bond motifs is 2. The van der Waals surface area contributed by atoms with Crippen molar-refractivity contribution in [2.24, 2.45) is 0 Å². The minimum absolute atomic E-state index is 0.000967. The van der Waals surface area contributed by atoms with Crippen molar-refractivity contribution >= 4 is 17.7 Å². The zero-order valence-electron chi connectivity index (χ0n) is 26.0. The molecule has 6 rings (SSSR count). The van der Waals surface area contributed by atoms with Crippen LogP contribution in [0.2, 0.25) is 0 Å². The number of rotatable bonds is 3. The summed E-state index contributed by atoms with van der Waals surface area (Å²) in [6.07, 6.45) is 4.35. The Bertz CT molecular complexity index is 1520. The molecule has 3 amide bonds. The molecule has 234 valence electrons. The third-order valence-corrected chi connectivity index (χ3v) is 9.36. The fourth-order valence-corrected chi connectivity index (χ4v) is 6.67. The SMILES string of the molecule is Cc1noc2c1C(=O)NC1(CCN(Cc3ccccc3)CC1)CC(=O)N1CC[C@@H](n3cc(C(C)(C)C)nn3)C[C@H]1C(=O)NC2. The number of carbonyl (C=O) groups is 3. The van der Waals surface area contributed by atoms with Gasteiger partial charge >= 0.3 is 0 Å². The van der Waals surface area contributed by atoms with Crippen molar-refractivity contribution in [1.82, 2.24) is 40.6 Å². The highest BCUT2D eigenvalue weighted by Crippen LogP contribution is 2.33. The maximum absolute atomic E-state index is 14.1. The molecule has 0 unspecified atom stereocenters. The molecular formula is C32H42N8O4. The summed E-state index contributed by atoms with van der Waals surface area (Å²) < 4.78 is 7.36. The molecule has 3 aliphatic heterocycles. The second-order valence-electron chi connectivity index (χ2n) is 13.6. The molecule has 1 spiro atoms. The lowest BCUT2D eigenvalue weighted by Gasteiger charge is -2.45. The van der Waals surface area contributed by atoms with E-state index in [1.165, 1.54) is 5.56 Å². The Labute approximate surface area is 257 Å². The molecule has 3 aliphatic rings. The molecule has 2 fully saturated rings. The molecule has 0 saturated carbocycles. The number of aryl methyl sites for hydroxylation is 1. The van der Waals surface area contributed by atoms with Gasteiger partial charge in [0.25, 0.3) is 5.91 Å². The molecule has 5 heterocycles. The van der Waals surface area contributed by atoms with Crippen molar-refractivity contribution in [3.8, 4) is 0 Å². The molecular weight excluding hydrogens is 560 g/mol. The molecule has 2 saturated heterocycles. The fourth-order valence-electron chi connectivity index (χ4n) is 6.67. The number of hydrogen-bond donors (Lipinski definition) is 2. The van der Waals surface area contributed by atoms with E-state index in [0.717, 1.165) is 25.3 Å². The Balaban J connectivity index is 1.27. The van der Waals surface area contributed by atoms with Crippen LogP contribution in [0.3, 0.4) is 0 Å². The van der Waals surface area contributed by atoms with E-state index < -0.39 is 11.6 Å². The van der Waals surface area contributed by atoms with Crippen LogP contribution in [0.25, 0.3) is 0 Å². The van der Waals surface area contributed by atoms with Crippen LogP contribution in [0.4, 0.5) is 0 Å². The van der Waals surface area contributed by atoms with Gasteiger partial charge < -0.3 is 20.1 Å². The van der Waals surface area contributed by atoms with Gasteiger partial charge in [-0.15, -0.1) is 5.10 Å². The first-order chi connectivity index (χ1) is 21.0. The number of hydrogen-bond acceptors (Lipinski definition) is 8. The van der Waals surface area contributed by atoms with Gasteiger partial charge in [-0.25, -0.2) is 4.68 Å². The monoisotopic (exact) mass is 602 g/mol. The van der Waals surface area contributed by atoms with E-state index in [1.807, 2.05) is 29.1 Å². The summed E-state index contributed by atoms with van der Waals surface area (Å²) in [4.78, 5) is 45.6. The average molecular weight is 603 g/mol. The number of benzene rings is 1. The highest BCUT2D eigenvalue weighted by Gasteiger charge is 2.44. The third kappa shape index (κ3) is 6.12. The lowest BCUT2D eigenvalue weighted by Crippen LogP contribution is -2.60. The van der Waals surface area contributed by atoms with Crippen LogP contribution in [0.5, 0.6) is 0 Å². The quantitative estimate of drug-likeness (QED) is 0.467. The van der Waals surface area contributed by atoms with Crippen LogP contribution in [0.1, 0.15) is 92.0 Å². The molecule has 0 bridgehead atoms. The first-order valence-corrected chi connectivity index (χ1v) is 15.5. The topological polar surface area (TPSA) is 138 Å². The minimum atomic E-state index is -0.757.